The zero-order valence-corrected chi connectivity index (χ0v) is 20.7. The minimum absolute atomic E-state index is 0.160. The summed E-state index contributed by atoms with van der Waals surface area (Å²) in [4.78, 5) is 9.48. The van der Waals surface area contributed by atoms with Crippen LogP contribution in [0.3, 0.4) is 0 Å². The second kappa shape index (κ2) is 10.8. The quantitative estimate of drug-likeness (QED) is 0.375. The highest BCUT2D eigenvalue weighted by molar-refractivity contribution is 7.89. The Labute approximate surface area is 201 Å². The number of nitrogens with zero attached hydrogens (tertiary/aromatic N) is 4. The molecule has 2 heterocycles. The Balaban J connectivity index is 1.64. The Hall–Kier alpha value is -2.56. The molecule has 0 radical (unpaired) electrons. The predicted octanol–water partition coefficient (Wildman–Crippen LogP) is 3.55. The largest absolute Gasteiger partial charge is 0.393 e. The van der Waals surface area contributed by atoms with E-state index in [1.807, 2.05) is 4.68 Å². The van der Waals surface area contributed by atoms with Crippen LogP contribution in [-0.4, -0.2) is 53.0 Å². The summed E-state index contributed by atoms with van der Waals surface area (Å²) < 4.78 is 28.5. The van der Waals surface area contributed by atoms with Crippen LogP contribution in [0.15, 0.2) is 35.4 Å². The topological polar surface area (TPSA) is 122 Å². The third-order valence-electron chi connectivity index (χ3n) is 6.57. The standard InChI is InChI=1S/C24H34N6O3S/c1-3-4-14-26-24-27-16-21-22(18-7-11-20(12-8-18)34(32,33)25-2)29-30(23(21)28-24)15-13-17-5-9-19(31)10-6-17/h7-8,11-12,16-17,19,25,31H,3-6,9-10,13-15H2,1-2H3,(H,26,27,28). The number of aryl methyl sites for hydroxylation is 1. The van der Waals surface area contributed by atoms with Crippen molar-refractivity contribution in [2.24, 2.45) is 5.92 Å². The summed E-state index contributed by atoms with van der Waals surface area (Å²) in [6.45, 7) is 3.69. The number of hydrogen-bond acceptors (Lipinski definition) is 7. The van der Waals surface area contributed by atoms with Crippen molar-refractivity contribution in [3.8, 4) is 11.3 Å². The summed E-state index contributed by atoms with van der Waals surface area (Å²) in [5.74, 6) is 1.16. The third-order valence-corrected chi connectivity index (χ3v) is 8.00. The molecule has 4 rings (SSSR count). The number of anilines is 1. The fourth-order valence-electron chi connectivity index (χ4n) is 4.44. The summed E-state index contributed by atoms with van der Waals surface area (Å²) in [5, 5.41) is 18.8. The van der Waals surface area contributed by atoms with Gasteiger partial charge in [0.25, 0.3) is 0 Å². The Kier molecular flexibility index (Phi) is 7.80. The molecular formula is C24H34N6O3S. The molecule has 1 aromatic carbocycles. The summed E-state index contributed by atoms with van der Waals surface area (Å²) in [6, 6.07) is 6.71. The molecule has 2 aromatic heterocycles. The maximum absolute atomic E-state index is 12.1. The first-order valence-corrected chi connectivity index (χ1v) is 13.6. The van der Waals surface area contributed by atoms with Gasteiger partial charge in [-0.1, -0.05) is 25.5 Å². The fraction of sp³-hybridized carbons (Fsp3) is 0.542. The van der Waals surface area contributed by atoms with E-state index in [-0.39, 0.29) is 11.0 Å². The molecule has 1 saturated carbocycles. The first-order valence-electron chi connectivity index (χ1n) is 12.1. The van der Waals surface area contributed by atoms with Gasteiger partial charge in [-0.15, -0.1) is 0 Å². The molecule has 1 aliphatic rings. The SMILES string of the molecule is CCCCNc1ncc2c(-c3ccc(S(=O)(=O)NC)cc3)nn(CCC3CCC(O)CC3)c2n1. The van der Waals surface area contributed by atoms with Gasteiger partial charge in [-0.05, 0) is 63.6 Å². The van der Waals surface area contributed by atoms with Crippen molar-refractivity contribution in [1.82, 2.24) is 24.5 Å². The van der Waals surface area contributed by atoms with Crippen LogP contribution in [-0.2, 0) is 16.6 Å². The minimum Gasteiger partial charge on any atom is -0.393 e. The van der Waals surface area contributed by atoms with Gasteiger partial charge in [-0.3, -0.25) is 0 Å². The zero-order valence-electron chi connectivity index (χ0n) is 19.9. The van der Waals surface area contributed by atoms with E-state index in [0.717, 1.165) is 80.3 Å². The first kappa shape index (κ1) is 24.6. The molecule has 1 aliphatic carbocycles. The van der Waals surface area contributed by atoms with Crippen molar-refractivity contribution in [1.29, 1.82) is 0 Å². The van der Waals surface area contributed by atoms with Gasteiger partial charge < -0.3 is 10.4 Å². The number of aliphatic hydroxyl groups is 1. The summed E-state index contributed by atoms with van der Waals surface area (Å²) in [5.41, 5.74) is 2.32. The number of nitrogens with one attached hydrogen (secondary N) is 2. The van der Waals surface area contributed by atoms with Gasteiger partial charge in [-0.25, -0.2) is 22.8 Å². The Morgan fingerprint density at radius 1 is 1.15 bits per heavy atom. The van der Waals surface area contributed by atoms with Crippen LogP contribution in [0.1, 0.15) is 51.9 Å². The Bertz CT molecular complexity index is 1200. The molecule has 0 saturated heterocycles. The van der Waals surface area contributed by atoms with E-state index in [0.29, 0.717) is 11.9 Å². The van der Waals surface area contributed by atoms with Gasteiger partial charge in [0.2, 0.25) is 16.0 Å². The van der Waals surface area contributed by atoms with Crippen LogP contribution in [0.25, 0.3) is 22.3 Å². The molecule has 0 atom stereocenters. The monoisotopic (exact) mass is 486 g/mol. The van der Waals surface area contributed by atoms with Gasteiger partial charge in [0, 0.05) is 24.8 Å². The van der Waals surface area contributed by atoms with Crippen LogP contribution in [0.2, 0.25) is 0 Å². The summed E-state index contributed by atoms with van der Waals surface area (Å²) in [7, 11) is -2.10. The molecule has 0 spiro atoms. The van der Waals surface area contributed by atoms with E-state index in [4.69, 9.17) is 10.1 Å². The van der Waals surface area contributed by atoms with Crippen LogP contribution in [0.5, 0.6) is 0 Å². The number of unbranched alkanes of at least 4 members (excludes halogenated alkanes) is 1. The maximum atomic E-state index is 12.1. The Morgan fingerprint density at radius 2 is 1.88 bits per heavy atom. The molecule has 0 unspecified atom stereocenters. The van der Waals surface area contributed by atoms with Gasteiger partial charge in [0.05, 0.1) is 16.4 Å². The molecule has 3 aromatic rings. The van der Waals surface area contributed by atoms with Crippen molar-refractivity contribution in [2.45, 2.75) is 69.4 Å². The number of aliphatic hydroxyl groups excluding tert-OH is 1. The number of hydrogen-bond donors (Lipinski definition) is 3. The van der Waals surface area contributed by atoms with Crippen LogP contribution < -0.4 is 10.0 Å². The maximum Gasteiger partial charge on any atom is 0.240 e. The van der Waals surface area contributed by atoms with E-state index in [1.165, 1.54) is 7.05 Å². The van der Waals surface area contributed by atoms with Gasteiger partial charge in [0.15, 0.2) is 5.65 Å². The normalized spacial score (nSPS) is 18.9. The van der Waals surface area contributed by atoms with Gasteiger partial charge >= 0.3 is 0 Å². The molecule has 9 nitrogen and oxygen atoms in total. The smallest absolute Gasteiger partial charge is 0.240 e. The highest BCUT2D eigenvalue weighted by atomic mass is 32.2. The fourth-order valence-corrected chi connectivity index (χ4v) is 5.17. The van der Waals surface area contributed by atoms with Gasteiger partial charge in [0.1, 0.15) is 5.69 Å². The second-order valence-electron chi connectivity index (χ2n) is 8.98. The minimum atomic E-state index is -3.50. The van der Waals surface area contributed by atoms with Crippen LogP contribution in [0, 0.1) is 5.92 Å². The molecule has 3 N–H and O–H groups in total. The van der Waals surface area contributed by atoms with E-state index in [2.05, 4.69) is 21.9 Å². The molecule has 0 aliphatic heterocycles. The number of sulfonamides is 1. The lowest BCUT2D eigenvalue weighted by Gasteiger charge is -2.25. The molecular weight excluding hydrogens is 452 g/mol. The van der Waals surface area contributed by atoms with Crippen molar-refractivity contribution in [3.05, 3.63) is 30.5 Å². The molecule has 0 amide bonds. The lowest BCUT2D eigenvalue weighted by Crippen LogP contribution is -2.19. The lowest BCUT2D eigenvalue weighted by molar-refractivity contribution is 0.105. The first-order chi connectivity index (χ1) is 16.4. The van der Waals surface area contributed by atoms with Crippen LogP contribution in [0.4, 0.5) is 5.95 Å². The summed E-state index contributed by atoms with van der Waals surface area (Å²) in [6.07, 6.45) is 8.55. The van der Waals surface area contributed by atoms with Gasteiger partial charge in [-0.2, -0.15) is 10.1 Å². The van der Waals surface area contributed by atoms with E-state index in [9.17, 15) is 13.5 Å². The van der Waals surface area contributed by atoms with Crippen molar-refractivity contribution < 1.29 is 13.5 Å². The van der Waals surface area contributed by atoms with Crippen molar-refractivity contribution in [3.63, 3.8) is 0 Å². The summed E-state index contributed by atoms with van der Waals surface area (Å²) >= 11 is 0. The van der Waals surface area contributed by atoms with Crippen LogP contribution >= 0.6 is 0 Å². The average molecular weight is 487 g/mol. The average Bonchev–Trinajstić information content (AvgIpc) is 3.22. The molecule has 184 valence electrons. The molecule has 34 heavy (non-hydrogen) atoms. The number of rotatable bonds is 10. The number of aromatic nitrogens is 4. The molecule has 1 fully saturated rings. The highest BCUT2D eigenvalue weighted by Gasteiger charge is 2.21. The number of fused-ring (bicyclic) bond motifs is 1. The molecule has 10 heteroatoms. The highest BCUT2D eigenvalue weighted by Crippen LogP contribution is 2.31. The van der Waals surface area contributed by atoms with E-state index < -0.39 is 10.0 Å². The second-order valence-corrected chi connectivity index (χ2v) is 10.9. The van der Waals surface area contributed by atoms with E-state index in [1.54, 1.807) is 30.5 Å². The predicted molar refractivity (Wildman–Crippen MR) is 133 cm³/mol. The van der Waals surface area contributed by atoms with E-state index >= 15 is 0 Å². The third kappa shape index (κ3) is 5.56. The Morgan fingerprint density at radius 3 is 2.56 bits per heavy atom. The lowest BCUT2D eigenvalue weighted by atomic mass is 9.85. The molecule has 0 bridgehead atoms. The number of benzene rings is 1. The van der Waals surface area contributed by atoms with Crippen molar-refractivity contribution in [2.75, 3.05) is 18.9 Å². The zero-order chi connectivity index (χ0) is 24.1. The van der Waals surface area contributed by atoms with Crippen molar-refractivity contribution >= 4 is 27.0 Å².